The minimum absolute atomic E-state index is 0.000417. The third kappa shape index (κ3) is 2.66. The molecule has 19 heavy (non-hydrogen) atoms. The molecule has 1 aromatic heterocycles. The Kier molecular flexibility index (Phi) is 3.94. The van der Waals surface area contributed by atoms with Crippen LogP contribution in [-0.2, 0) is 4.79 Å². The molecule has 0 aromatic carbocycles. The standard InChI is InChI=1S/C14H20N2O2S/c1-9-8-11(10(2)19-9)13(17)16-7-5-6-12(16)14(18)15(3)4/h8,12H,5-7H2,1-4H3. The Morgan fingerprint density at radius 3 is 2.58 bits per heavy atom. The zero-order valence-corrected chi connectivity index (χ0v) is 12.7. The van der Waals surface area contributed by atoms with Crippen LogP contribution < -0.4 is 0 Å². The van der Waals surface area contributed by atoms with E-state index < -0.39 is 0 Å². The number of hydrogen-bond donors (Lipinski definition) is 0. The molecule has 0 saturated carbocycles. The van der Waals surface area contributed by atoms with Gasteiger partial charge < -0.3 is 9.80 Å². The molecule has 0 radical (unpaired) electrons. The van der Waals surface area contributed by atoms with Crippen molar-refractivity contribution in [2.45, 2.75) is 32.7 Å². The van der Waals surface area contributed by atoms with Gasteiger partial charge in [-0.25, -0.2) is 0 Å². The molecule has 5 heteroatoms. The van der Waals surface area contributed by atoms with Crippen LogP contribution in [0.25, 0.3) is 0 Å². The van der Waals surface area contributed by atoms with Crippen LogP contribution in [0.5, 0.6) is 0 Å². The fourth-order valence-electron chi connectivity index (χ4n) is 2.56. The number of likely N-dealkylation sites (tertiary alicyclic amines) is 1. The van der Waals surface area contributed by atoms with Gasteiger partial charge in [0.05, 0.1) is 5.56 Å². The second-order valence-electron chi connectivity index (χ2n) is 5.22. The summed E-state index contributed by atoms with van der Waals surface area (Å²) in [6, 6.07) is 1.64. The first-order valence-corrected chi connectivity index (χ1v) is 7.32. The van der Waals surface area contributed by atoms with E-state index in [2.05, 4.69) is 0 Å². The molecule has 1 atom stereocenters. The SMILES string of the molecule is Cc1cc(C(=O)N2CCCC2C(=O)N(C)C)c(C)s1. The van der Waals surface area contributed by atoms with Crippen molar-refractivity contribution in [2.24, 2.45) is 0 Å². The maximum Gasteiger partial charge on any atom is 0.255 e. The lowest BCUT2D eigenvalue weighted by Gasteiger charge is -2.26. The van der Waals surface area contributed by atoms with Gasteiger partial charge in [0.2, 0.25) is 5.91 Å². The topological polar surface area (TPSA) is 40.6 Å². The van der Waals surface area contributed by atoms with Gasteiger partial charge in [0.25, 0.3) is 5.91 Å². The van der Waals surface area contributed by atoms with E-state index >= 15 is 0 Å². The molecule has 104 valence electrons. The third-order valence-electron chi connectivity index (χ3n) is 3.51. The summed E-state index contributed by atoms with van der Waals surface area (Å²) < 4.78 is 0. The molecule has 2 heterocycles. The number of nitrogens with zero attached hydrogens (tertiary/aromatic N) is 2. The average molecular weight is 280 g/mol. The summed E-state index contributed by atoms with van der Waals surface area (Å²) in [5.41, 5.74) is 0.751. The van der Waals surface area contributed by atoms with Crippen LogP contribution in [0.3, 0.4) is 0 Å². The van der Waals surface area contributed by atoms with Crippen molar-refractivity contribution in [1.29, 1.82) is 0 Å². The minimum Gasteiger partial charge on any atom is -0.347 e. The maximum atomic E-state index is 12.6. The normalized spacial score (nSPS) is 18.7. The third-order valence-corrected chi connectivity index (χ3v) is 4.48. The lowest BCUT2D eigenvalue weighted by molar-refractivity contribution is -0.132. The Bertz CT molecular complexity index is 508. The molecule has 2 rings (SSSR count). The lowest BCUT2D eigenvalue weighted by atomic mass is 10.1. The number of rotatable bonds is 2. The summed E-state index contributed by atoms with van der Waals surface area (Å²) in [4.78, 5) is 30.2. The van der Waals surface area contributed by atoms with E-state index in [0.29, 0.717) is 6.54 Å². The molecule has 1 unspecified atom stereocenters. The van der Waals surface area contributed by atoms with E-state index in [1.807, 2.05) is 19.9 Å². The fraction of sp³-hybridized carbons (Fsp3) is 0.571. The van der Waals surface area contributed by atoms with E-state index in [1.54, 1.807) is 35.2 Å². The van der Waals surface area contributed by atoms with E-state index in [9.17, 15) is 9.59 Å². The number of amides is 2. The number of likely N-dealkylation sites (N-methyl/N-ethyl adjacent to an activating group) is 1. The smallest absolute Gasteiger partial charge is 0.255 e. The van der Waals surface area contributed by atoms with Gasteiger partial charge in [-0.2, -0.15) is 0 Å². The molecule has 1 aliphatic heterocycles. The van der Waals surface area contributed by atoms with Crippen LogP contribution >= 0.6 is 11.3 Å². The highest BCUT2D eigenvalue weighted by Gasteiger charge is 2.35. The van der Waals surface area contributed by atoms with Crippen LogP contribution in [0.4, 0.5) is 0 Å². The minimum atomic E-state index is -0.290. The van der Waals surface area contributed by atoms with Gasteiger partial charge in [-0.1, -0.05) is 0 Å². The number of aryl methyl sites for hydroxylation is 2. The van der Waals surface area contributed by atoms with Gasteiger partial charge >= 0.3 is 0 Å². The highest BCUT2D eigenvalue weighted by Crippen LogP contribution is 2.26. The van der Waals surface area contributed by atoms with E-state index in [4.69, 9.17) is 0 Å². The average Bonchev–Trinajstić information content (AvgIpc) is 2.93. The Balaban J connectivity index is 2.23. The molecule has 0 bridgehead atoms. The number of carbonyl (C=O) groups is 2. The zero-order chi connectivity index (χ0) is 14.2. The van der Waals surface area contributed by atoms with E-state index in [0.717, 1.165) is 28.2 Å². The van der Waals surface area contributed by atoms with Crippen molar-refractivity contribution in [3.05, 3.63) is 21.4 Å². The summed E-state index contributed by atoms with van der Waals surface area (Å²) in [7, 11) is 3.48. The van der Waals surface area contributed by atoms with Crippen molar-refractivity contribution in [1.82, 2.24) is 9.80 Å². The second kappa shape index (κ2) is 5.33. The molecule has 2 amide bonds. The molecule has 0 N–H and O–H groups in total. The van der Waals surface area contributed by atoms with Crippen molar-refractivity contribution < 1.29 is 9.59 Å². The molecule has 4 nitrogen and oxygen atoms in total. The predicted molar refractivity (Wildman–Crippen MR) is 76.5 cm³/mol. The Hall–Kier alpha value is -1.36. The second-order valence-corrected chi connectivity index (χ2v) is 6.68. The summed E-state index contributed by atoms with van der Waals surface area (Å²) in [6.45, 7) is 4.64. The first-order valence-electron chi connectivity index (χ1n) is 6.51. The molecule has 1 aromatic rings. The highest BCUT2D eigenvalue weighted by molar-refractivity contribution is 7.12. The summed E-state index contributed by atoms with van der Waals surface area (Å²) >= 11 is 1.63. The van der Waals surface area contributed by atoms with Crippen LogP contribution in [0, 0.1) is 13.8 Å². The van der Waals surface area contributed by atoms with Crippen molar-refractivity contribution in [2.75, 3.05) is 20.6 Å². The van der Waals surface area contributed by atoms with E-state index in [-0.39, 0.29) is 17.9 Å². The fourth-order valence-corrected chi connectivity index (χ4v) is 3.48. The Morgan fingerprint density at radius 1 is 1.37 bits per heavy atom. The predicted octanol–water partition coefficient (Wildman–Crippen LogP) is 2.06. The van der Waals surface area contributed by atoms with Crippen molar-refractivity contribution >= 4 is 23.2 Å². The van der Waals surface area contributed by atoms with Gasteiger partial charge in [0.15, 0.2) is 0 Å². The summed E-state index contributed by atoms with van der Waals surface area (Å²) in [6.07, 6.45) is 1.67. The molecular weight excluding hydrogens is 260 g/mol. The van der Waals surface area contributed by atoms with Crippen LogP contribution in [0.15, 0.2) is 6.07 Å². The van der Waals surface area contributed by atoms with Gasteiger partial charge in [-0.15, -0.1) is 11.3 Å². The maximum absolute atomic E-state index is 12.6. The number of carbonyl (C=O) groups excluding carboxylic acids is 2. The largest absolute Gasteiger partial charge is 0.347 e. The Labute approximate surface area is 118 Å². The van der Waals surface area contributed by atoms with Crippen molar-refractivity contribution in [3.63, 3.8) is 0 Å². The van der Waals surface area contributed by atoms with Crippen molar-refractivity contribution in [3.8, 4) is 0 Å². The molecule has 1 aliphatic rings. The van der Waals surface area contributed by atoms with Gasteiger partial charge in [-0.3, -0.25) is 9.59 Å². The Morgan fingerprint density at radius 2 is 2.05 bits per heavy atom. The van der Waals surface area contributed by atoms with Gasteiger partial charge in [0, 0.05) is 30.4 Å². The first-order chi connectivity index (χ1) is 8.91. The zero-order valence-electron chi connectivity index (χ0n) is 11.9. The van der Waals surface area contributed by atoms with Gasteiger partial charge in [-0.05, 0) is 32.8 Å². The van der Waals surface area contributed by atoms with Crippen LogP contribution in [0.1, 0.15) is 33.0 Å². The van der Waals surface area contributed by atoms with Crippen LogP contribution in [-0.4, -0.2) is 48.3 Å². The monoisotopic (exact) mass is 280 g/mol. The lowest BCUT2D eigenvalue weighted by Crippen LogP contribution is -2.45. The van der Waals surface area contributed by atoms with E-state index in [1.165, 1.54) is 0 Å². The molecule has 1 saturated heterocycles. The summed E-state index contributed by atoms with van der Waals surface area (Å²) in [5, 5.41) is 0. The first kappa shape index (κ1) is 14.1. The highest BCUT2D eigenvalue weighted by atomic mass is 32.1. The number of thiophene rings is 1. The van der Waals surface area contributed by atoms with Crippen LogP contribution in [0.2, 0.25) is 0 Å². The van der Waals surface area contributed by atoms with Gasteiger partial charge in [0.1, 0.15) is 6.04 Å². The molecular formula is C14H20N2O2S. The molecule has 0 aliphatic carbocycles. The quantitative estimate of drug-likeness (QED) is 0.832. The number of hydrogen-bond acceptors (Lipinski definition) is 3. The molecule has 0 spiro atoms. The summed E-state index contributed by atoms with van der Waals surface area (Å²) in [5.74, 6) is 0.0232. The molecule has 1 fully saturated rings.